The molecule has 2 rings (SSSR count). The fourth-order valence-corrected chi connectivity index (χ4v) is 1.61. The Morgan fingerprint density at radius 2 is 2.29 bits per heavy atom. The monoisotopic (exact) mass is 236 g/mol. The van der Waals surface area contributed by atoms with Gasteiger partial charge in [0.2, 0.25) is 0 Å². The van der Waals surface area contributed by atoms with Crippen LogP contribution in [-0.2, 0) is 19.5 Å². The van der Waals surface area contributed by atoms with Gasteiger partial charge in [0.15, 0.2) is 0 Å². The topological polar surface area (TPSA) is 81.7 Å². The lowest BCUT2D eigenvalue weighted by Crippen LogP contribution is -2.09. The quantitative estimate of drug-likeness (QED) is 0.755. The third-order valence-corrected chi connectivity index (χ3v) is 2.48. The molecule has 0 saturated heterocycles. The fourth-order valence-electron chi connectivity index (χ4n) is 1.61. The molecule has 0 aliphatic rings. The summed E-state index contributed by atoms with van der Waals surface area (Å²) in [5.74, 6) is 0.867. The molecule has 17 heavy (non-hydrogen) atoms. The highest BCUT2D eigenvalue weighted by molar-refractivity contribution is 4.94. The van der Waals surface area contributed by atoms with E-state index in [0.717, 1.165) is 24.5 Å². The highest BCUT2D eigenvalue weighted by Gasteiger charge is 2.06. The van der Waals surface area contributed by atoms with E-state index in [0.29, 0.717) is 13.0 Å². The molecule has 0 radical (unpaired) electrons. The lowest BCUT2D eigenvalue weighted by Gasteiger charge is -2.01. The zero-order valence-corrected chi connectivity index (χ0v) is 9.82. The molecule has 0 amide bonds. The number of hydrogen-bond donors (Lipinski definition) is 1. The van der Waals surface area contributed by atoms with Crippen molar-refractivity contribution in [2.75, 3.05) is 6.61 Å². The predicted molar refractivity (Wildman–Crippen MR) is 60.2 cm³/mol. The van der Waals surface area contributed by atoms with Crippen LogP contribution in [0.15, 0.2) is 12.5 Å². The Kier molecular flexibility index (Phi) is 3.81. The molecule has 0 saturated carbocycles. The van der Waals surface area contributed by atoms with E-state index >= 15 is 0 Å². The molecule has 2 heterocycles. The molecule has 0 aliphatic carbocycles. The Morgan fingerprint density at radius 3 is 3.06 bits per heavy atom. The van der Waals surface area contributed by atoms with E-state index in [9.17, 15) is 0 Å². The van der Waals surface area contributed by atoms with E-state index in [1.807, 2.05) is 17.8 Å². The minimum atomic E-state index is 0.178. The molecule has 2 aromatic heterocycles. The summed E-state index contributed by atoms with van der Waals surface area (Å²) in [5.41, 5.74) is 0.890. The normalized spacial score (nSPS) is 10.9. The molecule has 7 heteroatoms. The number of rotatable bonds is 6. The molecular formula is C10H16N6O. The van der Waals surface area contributed by atoms with Gasteiger partial charge in [-0.2, -0.15) is 5.10 Å². The van der Waals surface area contributed by atoms with Gasteiger partial charge in [0.25, 0.3) is 0 Å². The van der Waals surface area contributed by atoms with Crippen LogP contribution in [0.5, 0.6) is 0 Å². The number of aliphatic hydroxyl groups is 1. The number of aromatic nitrogens is 6. The van der Waals surface area contributed by atoms with Gasteiger partial charge in [0.1, 0.15) is 18.7 Å². The first kappa shape index (κ1) is 11.7. The van der Waals surface area contributed by atoms with Gasteiger partial charge in [0.05, 0.1) is 5.69 Å². The summed E-state index contributed by atoms with van der Waals surface area (Å²) in [4.78, 5) is 4.18. The van der Waals surface area contributed by atoms with Crippen molar-refractivity contribution in [2.24, 2.45) is 0 Å². The van der Waals surface area contributed by atoms with Gasteiger partial charge in [-0.3, -0.25) is 0 Å². The van der Waals surface area contributed by atoms with Crippen molar-refractivity contribution in [1.82, 2.24) is 29.8 Å². The molecule has 0 unspecified atom stereocenters. The number of hydrogen-bond acceptors (Lipinski definition) is 5. The molecule has 0 atom stereocenters. The third kappa shape index (κ3) is 2.88. The largest absolute Gasteiger partial charge is 0.396 e. The van der Waals surface area contributed by atoms with Gasteiger partial charge < -0.3 is 5.11 Å². The van der Waals surface area contributed by atoms with Crippen LogP contribution >= 0.6 is 0 Å². The van der Waals surface area contributed by atoms with E-state index in [4.69, 9.17) is 5.11 Å². The zero-order chi connectivity index (χ0) is 12.1. The first-order valence-corrected chi connectivity index (χ1v) is 5.70. The standard InChI is InChI=1S/C10H16N6O/c1-2-16-10(11-8-12-16)7-15-6-9(13-14-15)4-3-5-17/h6,8,17H,2-5,7H2,1H3. The zero-order valence-electron chi connectivity index (χ0n) is 9.82. The van der Waals surface area contributed by atoms with Crippen LogP contribution in [0.4, 0.5) is 0 Å². The Hall–Kier alpha value is -1.76. The van der Waals surface area contributed by atoms with Crippen LogP contribution in [0, 0.1) is 0 Å². The smallest absolute Gasteiger partial charge is 0.148 e. The maximum Gasteiger partial charge on any atom is 0.148 e. The van der Waals surface area contributed by atoms with Crippen molar-refractivity contribution < 1.29 is 5.11 Å². The first-order chi connectivity index (χ1) is 8.33. The van der Waals surface area contributed by atoms with Gasteiger partial charge in [-0.15, -0.1) is 5.10 Å². The molecule has 0 spiro atoms. The van der Waals surface area contributed by atoms with Crippen LogP contribution in [0.2, 0.25) is 0 Å². The molecule has 0 aliphatic heterocycles. The van der Waals surface area contributed by atoms with Crippen LogP contribution < -0.4 is 0 Å². The molecule has 1 N–H and O–H groups in total. The minimum Gasteiger partial charge on any atom is -0.396 e. The summed E-state index contributed by atoms with van der Waals surface area (Å²) < 4.78 is 3.57. The molecular weight excluding hydrogens is 220 g/mol. The van der Waals surface area contributed by atoms with Crippen molar-refractivity contribution in [3.05, 3.63) is 24.0 Å². The number of aryl methyl sites for hydroxylation is 2. The third-order valence-electron chi connectivity index (χ3n) is 2.48. The summed E-state index contributed by atoms with van der Waals surface area (Å²) in [6, 6.07) is 0. The van der Waals surface area contributed by atoms with Crippen LogP contribution in [-0.4, -0.2) is 41.5 Å². The number of aliphatic hydroxyl groups excluding tert-OH is 1. The van der Waals surface area contributed by atoms with E-state index in [-0.39, 0.29) is 6.61 Å². The highest BCUT2D eigenvalue weighted by Crippen LogP contribution is 2.01. The predicted octanol–water partition coefficient (Wildman–Crippen LogP) is -0.137. The van der Waals surface area contributed by atoms with E-state index in [1.165, 1.54) is 0 Å². The Morgan fingerprint density at radius 1 is 1.41 bits per heavy atom. The second-order valence-corrected chi connectivity index (χ2v) is 3.73. The number of nitrogens with zero attached hydrogens (tertiary/aromatic N) is 6. The molecule has 7 nitrogen and oxygen atoms in total. The maximum atomic E-state index is 8.73. The van der Waals surface area contributed by atoms with Gasteiger partial charge in [-0.05, 0) is 19.8 Å². The lowest BCUT2D eigenvalue weighted by atomic mass is 10.3. The van der Waals surface area contributed by atoms with Gasteiger partial charge in [-0.25, -0.2) is 14.3 Å². The van der Waals surface area contributed by atoms with E-state index in [1.54, 1.807) is 11.0 Å². The van der Waals surface area contributed by atoms with Crippen LogP contribution in [0.1, 0.15) is 24.9 Å². The van der Waals surface area contributed by atoms with Crippen molar-refractivity contribution in [1.29, 1.82) is 0 Å². The van der Waals surface area contributed by atoms with Crippen molar-refractivity contribution in [3.63, 3.8) is 0 Å². The molecule has 2 aromatic rings. The minimum absolute atomic E-state index is 0.178. The van der Waals surface area contributed by atoms with E-state index < -0.39 is 0 Å². The van der Waals surface area contributed by atoms with Crippen LogP contribution in [0.25, 0.3) is 0 Å². The molecule has 92 valence electrons. The summed E-state index contributed by atoms with van der Waals surface area (Å²) in [6.07, 6.45) is 4.88. The summed E-state index contributed by atoms with van der Waals surface area (Å²) >= 11 is 0. The summed E-state index contributed by atoms with van der Waals surface area (Å²) in [6.45, 7) is 3.56. The SMILES string of the molecule is CCn1ncnc1Cn1cc(CCCO)nn1. The highest BCUT2D eigenvalue weighted by atomic mass is 16.2. The summed E-state index contributed by atoms with van der Waals surface area (Å²) in [5, 5.41) is 20.9. The maximum absolute atomic E-state index is 8.73. The Balaban J connectivity index is 2.01. The van der Waals surface area contributed by atoms with E-state index in [2.05, 4.69) is 20.4 Å². The second-order valence-electron chi connectivity index (χ2n) is 3.73. The van der Waals surface area contributed by atoms with Gasteiger partial charge >= 0.3 is 0 Å². The molecule has 0 bridgehead atoms. The Bertz CT molecular complexity index is 463. The van der Waals surface area contributed by atoms with Crippen molar-refractivity contribution >= 4 is 0 Å². The van der Waals surface area contributed by atoms with Gasteiger partial charge in [-0.1, -0.05) is 5.21 Å². The average molecular weight is 236 g/mol. The van der Waals surface area contributed by atoms with Crippen molar-refractivity contribution in [3.8, 4) is 0 Å². The first-order valence-electron chi connectivity index (χ1n) is 5.70. The second kappa shape index (κ2) is 5.53. The van der Waals surface area contributed by atoms with Crippen LogP contribution in [0.3, 0.4) is 0 Å². The van der Waals surface area contributed by atoms with Gasteiger partial charge in [0, 0.05) is 19.3 Å². The lowest BCUT2D eigenvalue weighted by molar-refractivity contribution is 0.288. The fraction of sp³-hybridized carbons (Fsp3) is 0.600. The molecule has 0 fully saturated rings. The van der Waals surface area contributed by atoms with Crippen molar-refractivity contribution in [2.45, 2.75) is 32.9 Å². The average Bonchev–Trinajstić information content (AvgIpc) is 2.96. The molecule has 0 aromatic carbocycles. The Labute approximate surface area is 99.1 Å². The summed E-state index contributed by atoms with van der Waals surface area (Å²) in [7, 11) is 0.